The van der Waals surface area contributed by atoms with Crippen LogP contribution in [0.1, 0.15) is 25.7 Å². The van der Waals surface area contributed by atoms with Crippen LogP contribution < -0.4 is 0 Å². The van der Waals surface area contributed by atoms with Crippen LogP contribution in [0.3, 0.4) is 0 Å². The number of rotatable bonds is 1. The molecule has 0 spiro atoms. The lowest BCUT2D eigenvalue weighted by molar-refractivity contribution is -0.112. The van der Waals surface area contributed by atoms with Gasteiger partial charge in [-0.2, -0.15) is 0 Å². The zero-order chi connectivity index (χ0) is 8.27. The van der Waals surface area contributed by atoms with E-state index in [2.05, 4.69) is 0 Å². The maximum atomic E-state index is 10.4. The van der Waals surface area contributed by atoms with Gasteiger partial charge in [0, 0.05) is 5.92 Å². The number of carbonyl (C=O) groups is 1. The fraction of sp³-hybridized carbons (Fsp3) is 0.875. The van der Waals surface area contributed by atoms with Crippen LogP contribution in [0.4, 0.5) is 0 Å². The molecule has 1 fully saturated rings. The fourth-order valence-corrected chi connectivity index (χ4v) is 1.49. The lowest BCUT2D eigenvalue weighted by Gasteiger charge is -2.14. The molecule has 2 N–H and O–H groups in total. The molecule has 1 rings (SSSR count). The van der Waals surface area contributed by atoms with Crippen molar-refractivity contribution in [2.45, 2.75) is 37.9 Å². The quantitative estimate of drug-likeness (QED) is 0.420. The van der Waals surface area contributed by atoms with Gasteiger partial charge in [0.2, 0.25) is 0 Å². The maximum Gasteiger partial charge on any atom is 0.123 e. The summed E-state index contributed by atoms with van der Waals surface area (Å²) in [6.45, 7) is 0. The molecule has 1 saturated carbocycles. The van der Waals surface area contributed by atoms with Crippen LogP contribution in [0.25, 0.3) is 0 Å². The van der Waals surface area contributed by atoms with Gasteiger partial charge in [-0.3, -0.25) is 0 Å². The van der Waals surface area contributed by atoms with Crippen molar-refractivity contribution < 1.29 is 15.0 Å². The highest BCUT2D eigenvalue weighted by molar-refractivity contribution is 5.53. The normalized spacial score (nSPS) is 39.6. The van der Waals surface area contributed by atoms with E-state index in [4.69, 9.17) is 0 Å². The van der Waals surface area contributed by atoms with Gasteiger partial charge in [0.15, 0.2) is 0 Å². The second-order valence-electron chi connectivity index (χ2n) is 3.20. The predicted molar refractivity (Wildman–Crippen MR) is 40.0 cm³/mol. The Morgan fingerprint density at radius 1 is 1.18 bits per heavy atom. The zero-order valence-corrected chi connectivity index (χ0v) is 6.44. The van der Waals surface area contributed by atoms with Crippen molar-refractivity contribution in [3.8, 4) is 0 Å². The first-order chi connectivity index (χ1) is 5.24. The monoisotopic (exact) mass is 158 g/mol. The van der Waals surface area contributed by atoms with E-state index in [9.17, 15) is 15.0 Å². The first-order valence-electron chi connectivity index (χ1n) is 4.05. The summed E-state index contributed by atoms with van der Waals surface area (Å²) in [5.74, 6) is -0.0536. The SMILES string of the molecule is O=CC1CCCC(O)C(O)C1. The lowest BCUT2D eigenvalue weighted by atomic mass is 10.0. The molecule has 0 aliphatic heterocycles. The first kappa shape index (κ1) is 8.68. The smallest absolute Gasteiger partial charge is 0.123 e. The van der Waals surface area contributed by atoms with E-state index in [1.54, 1.807) is 0 Å². The summed E-state index contributed by atoms with van der Waals surface area (Å²) in [6, 6.07) is 0. The molecule has 0 radical (unpaired) electrons. The number of aldehydes is 1. The molecule has 1 aliphatic rings. The van der Waals surface area contributed by atoms with E-state index >= 15 is 0 Å². The zero-order valence-electron chi connectivity index (χ0n) is 6.44. The van der Waals surface area contributed by atoms with E-state index in [1.807, 2.05) is 0 Å². The molecule has 3 unspecified atom stereocenters. The molecule has 0 heterocycles. The van der Waals surface area contributed by atoms with Crippen LogP contribution in [0.5, 0.6) is 0 Å². The number of hydrogen-bond donors (Lipinski definition) is 2. The standard InChI is InChI=1S/C8H14O3/c9-5-6-2-1-3-7(10)8(11)4-6/h5-8,10-11H,1-4H2. The van der Waals surface area contributed by atoms with Crippen LogP contribution in [0.15, 0.2) is 0 Å². The third kappa shape index (κ3) is 2.27. The third-order valence-corrected chi connectivity index (χ3v) is 2.26. The fourth-order valence-electron chi connectivity index (χ4n) is 1.49. The minimum atomic E-state index is -0.701. The van der Waals surface area contributed by atoms with Gasteiger partial charge in [0.05, 0.1) is 12.2 Å². The van der Waals surface area contributed by atoms with Gasteiger partial charge < -0.3 is 15.0 Å². The van der Waals surface area contributed by atoms with Crippen LogP contribution >= 0.6 is 0 Å². The number of aliphatic hydroxyl groups is 2. The van der Waals surface area contributed by atoms with Crippen molar-refractivity contribution in [1.82, 2.24) is 0 Å². The maximum absolute atomic E-state index is 10.4. The highest BCUT2D eigenvalue weighted by Crippen LogP contribution is 2.21. The van der Waals surface area contributed by atoms with Gasteiger partial charge in [-0.05, 0) is 19.3 Å². The molecule has 3 heteroatoms. The van der Waals surface area contributed by atoms with E-state index in [0.717, 1.165) is 19.1 Å². The summed E-state index contributed by atoms with van der Waals surface area (Å²) >= 11 is 0. The average Bonchev–Trinajstić information content (AvgIpc) is 2.15. The van der Waals surface area contributed by atoms with Crippen molar-refractivity contribution in [2.24, 2.45) is 5.92 Å². The van der Waals surface area contributed by atoms with E-state index in [-0.39, 0.29) is 5.92 Å². The largest absolute Gasteiger partial charge is 0.390 e. The van der Waals surface area contributed by atoms with Gasteiger partial charge in [0.25, 0.3) is 0 Å². The van der Waals surface area contributed by atoms with Crippen molar-refractivity contribution in [1.29, 1.82) is 0 Å². The topological polar surface area (TPSA) is 57.5 Å². The van der Waals surface area contributed by atoms with Gasteiger partial charge in [-0.15, -0.1) is 0 Å². The second kappa shape index (κ2) is 3.83. The Labute approximate surface area is 66.0 Å². The minimum Gasteiger partial charge on any atom is -0.390 e. The van der Waals surface area contributed by atoms with Gasteiger partial charge in [-0.1, -0.05) is 6.42 Å². The summed E-state index contributed by atoms with van der Waals surface area (Å²) in [4.78, 5) is 10.4. The Bertz CT molecular complexity index is 135. The summed E-state index contributed by atoms with van der Waals surface area (Å²) in [7, 11) is 0. The van der Waals surface area contributed by atoms with E-state index < -0.39 is 12.2 Å². The molecular formula is C8H14O3. The molecule has 11 heavy (non-hydrogen) atoms. The van der Waals surface area contributed by atoms with Crippen LogP contribution in [0, 0.1) is 5.92 Å². The summed E-state index contributed by atoms with van der Waals surface area (Å²) in [6.07, 6.45) is 2.23. The summed E-state index contributed by atoms with van der Waals surface area (Å²) in [5, 5.41) is 18.5. The Balaban J connectivity index is 2.47. The Morgan fingerprint density at radius 3 is 2.55 bits per heavy atom. The van der Waals surface area contributed by atoms with E-state index in [1.165, 1.54) is 0 Å². The predicted octanol–water partition coefficient (Wildman–Crippen LogP) is 0.0973. The summed E-state index contributed by atoms with van der Waals surface area (Å²) in [5.41, 5.74) is 0. The first-order valence-corrected chi connectivity index (χ1v) is 4.05. The minimum absolute atomic E-state index is 0.0536. The molecule has 0 saturated heterocycles. The van der Waals surface area contributed by atoms with E-state index in [0.29, 0.717) is 12.8 Å². The molecule has 0 aromatic heterocycles. The Hall–Kier alpha value is -0.410. The lowest BCUT2D eigenvalue weighted by Crippen LogP contribution is -2.25. The Kier molecular flexibility index (Phi) is 3.02. The van der Waals surface area contributed by atoms with Crippen LogP contribution in [-0.2, 0) is 4.79 Å². The Morgan fingerprint density at radius 2 is 1.91 bits per heavy atom. The average molecular weight is 158 g/mol. The molecule has 0 amide bonds. The third-order valence-electron chi connectivity index (χ3n) is 2.26. The molecule has 0 bridgehead atoms. The van der Waals surface area contributed by atoms with Crippen molar-refractivity contribution in [3.63, 3.8) is 0 Å². The molecule has 64 valence electrons. The molecule has 1 aliphatic carbocycles. The van der Waals surface area contributed by atoms with Crippen molar-refractivity contribution >= 4 is 6.29 Å². The van der Waals surface area contributed by atoms with Crippen molar-refractivity contribution in [3.05, 3.63) is 0 Å². The van der Waals surface area contributed by atoms with Crippen molar-refractivity contribution in [2.75, 3.05) is 0 Å². The highest BCUT2D eigenvalue weighted by atomic mass is 16.3. The molecule has 0 aromatic rings. The van der Waals surface area contributed by atoms with Gasteiger partial charge in [0.1, 0.15) is 6.29 Å². The van der Waals surface area contributed by atoms with Gasteiger partial charge in [-0.25, -0.2) is 0 Å². The molecule has 0 aromatic carbocycles. The number of aliphatic hydroxyl groups excluding tert-OH is 2. The second-order valence-corrected chi connectivity index (χ2v) is 3.20. The number of carbonyl (C=O) groups excluding carboxylic acids is 1. The van der Waals surface area contributed by atoms with Gasteiger partial charge >= 0.3 is 0 Å². The molecule has 3 nitrogen and oxygen atoms in total. The number of hydrogen-bond acceptors (Lipinski definition) is 3. The molecular weight excluding hydrogens is 144 g/mol. The van der Waals surface area contributed by atoms with Crippen LogP contribution in [0.2, 0.25) is 0 Å². The highest BCUT2D eigenvalue weighted by Gasteiger charge is 2.24. The summed E-state index contributed by atoms with van der Waals surface area (Å²) < 4.78 is 0. The van der Waals surface area contributed by atoms with Crippen LogP contribution in [-0.4, -0.2) is 28.7 Å². The molecule has 3 atom stereocenters.